The number of aromatic nitrogens is 1. The molecule has 9 heteroatoms. The van der Waals surface area contributed by atoms with Crippen molar-refractivity contribution in [3.63, 3.8) is 0 Å². The molecule has 2 heterocycles. The number of hydrogen-bond acceptors (Lipinski definition) is 7. The third-order valence-corrected chi connectivity index (χ3v) is 7.50. The number of ether oxygens (including phenoxy) is 2. The summed E-state index contributed by atoms with van der Waals surface area (Å²) in [6, 6.07) is 3.24. The second-order valence-corrected chi connectivity index (χ2v) is 12.6. The number of rotatable bonds is 3. The maximum Gasteiger partial charge on any atom is 0.410 e. The molecular weight excluding hydrogens is 418 g/mol. The molecule has 1 saturated heterocycles. The lowest BCUT2D eigenvalue weighted by atomic mass is 9.73. The van der Waals surface area contributed by atoms with Gasteiger partial charge in [-0.3, -0.25) is 5.21 Å². The van der Waals surface area contributed by atoms with Gasteiger partial charge in [0.1, 0.15) is 16.4 Å². The predicted molar refractivity (Wildman–Crippen MR) is 118 cm³/mol. The molecule has 1 amide bonds. The minimum Gasteiger partial charge on any atom is -0.596 e. The number of carbonyl (C=O) groups is 1. The highest BCUT2D eigenvalue weighted by Gasteiger charge is 2.56. The third-order valence-electron chi connectivity index (χ3n) is 5.90. The maximum absolute atomic E-state index is 13.1. The molecule has 3 rings (SSSR count). The topological polar surface area (TPSA) is 98.2 Å². The monoisotopic (exact) mass is 453 g/mol. The molecule has 0 radical (unpaired) electrons. The minimum atomic E-state index is -1.64. The normalized spacial score (nSPS) is 21.9. The fourth-order valence-electron chi connectivity index (χ4n) is 4.38. The van der Waals surface area contributed by atoms with Crippen LogP contribution in [0.5, 0.6) is 5.88 Å². The molecule has 1 aliphatic carbocycles. The van der Waals surface area contributed by atoms with E-state index >= 15 is 0 Å². The Bertz CT molecular complexity index is 812. The summed E-state index contributed by atoms with van der Waals surface area (Å²) in [6.45, 7) is 12.1. The summed E-state index contributed by atoms with van der Waals surface area (Å²) in [6.07, 6.45) is 1.67. The number of carbonyl (C=O) groups excluding carboxylic acids is 1. The first-order valence-electron chi connectivity index (χ1n) is 10.7. The molecule has 2 aliphatic rings. The van der Waals surface area contributed by atoms with Crippen LogP contribution in [0.2, 0.25) is 0 Å². The van der Waals surface area contributed by atoms with E-state index in [9.17, 15) is 14.6 Å². The van der Waals surface area contributed by atoms with Crippen LogP contribution >= 0.6 is 0 Å². The predicted octanol–water partition coefficient (Wildman–Crippen LogP) is 3.86. The summed E-state index contributed by atoms with van der Waals surface area (Å²) in [5.41, 5.74) is 0.784. The summed E-state index contributed by atoms with van der Waals surface area (Å²) in [4.78, 5) is 18.9. The van der Waals surface area contributed by atoms with Crippen LogP contribution in [0.4, 0.5) is 4.79 Å². The number of fused-ring (bicyclic) bond motifs is 1. The van der Waals surface area contributed by atoms with Gasteiger partial charge in [0.25, 0.3) is 0 Å². The van der Waals surface area contributed by atoms with Crippen molar-refractivity contribution < 1.29 is 24.0 Å². The number of pyridine rings is 1. The van der Waals surface area contributed by atoms with Gasteiger partial charge in [0.15, 0.2) is 0 Å². The van der Waals surface area contributed by atoms with Crippen molar-refractivity contribution in [2.75, 3.05) is 20.2 Å². The third kappa shape index (κ3) is 4.94. The Morgan fingerprint density at radius 1 is 1.26 bits per heavy atom. The molecule has 1 aromatic heterocycles. The average Bonchev–Trinajstić information content (AvgIpc) is 2.97. The molecule has 31 heavy (non-hydrogen) atoms. The molecule has 0 saturated carbocycles. The Morgan fingerprint density at radius 2 is 1.87 bits per heavy atom. The van der Waals surface area contributed by atoms with E-state index < -0.39 is 27.8 Å². The lowest BCUT2D eigenvalue weighted by Crippen LogP contribution is -2.52. The van der Waals surface area contributed by atoms with E-state index in [0.29, 0.717) is 43.9 Å². The molecule has 1 aromatic rings. The van der Waals surface area contributed by atoms with Crippen molar-refractivity contribution in [3.05, 3.63) is 23.4 Å². The number of methoxy groups -OCH3 is 1. The number of likely N-dealkylation sites (tertiary alicyclic amines) is 1. The van der Waals surface area contributed by atoms with Gasteiger partial charge in [-0.05, 0) is 66.4 Å². The summed E-state index contributed by atoms with van der Waals surface area (Å²) in [7, 11) is 1.55. The molecule has 0 bridgehead atoms. The molecule has 1 fully saturated rings. The molecule has 8 nitrogen and oxygen atoms in total. The number of piperidine rings is 1. The number of amides is 1. The first kappa shape index (κ1) is 24.1. The molecule has 0 aromatic carbocycles. The molecule has 174 valence electrons. The van der Waals surface area contributed by atoms with Gasteiger partial charge in [-0.2, -0.15) is 0 Å². The standard InChI is InChI=1S/C22H35N3O5S/c1-20(2,3)30-19(26)24-12-10-22(11-13-24)14-15-8-9-16(29-7)23-17(15)18(22)25(27)31(28)21(4,5)6/h8-9,18,27H,10-14H2,1-7H3/t18-,31+/m0/s1. The molecule has 2 atom stereocenters. The fourth-order valence-corrected chi connectivity index (χ4v) is 5.45. The Labute approximate surface area is 188 Å². The van der Waals surface area contributed by atoms with E-state index in [4.69, 9.17) is 9.47 Å². The summed E-state index contributed by atoms with van der Waals surface area (Å²) in [5, 5.41) is 11.2. The smallest absolute Gasteiger partial charge is 0.410 e. The van der Waals surface area contributed by atoms with Gasteiger partial charge < -0.3 is 18.9 Å². The zero-order chi connectivity index (χ0) is 23.2. The SMILES string of the molecule is COc1ccc2c(n1)[C@H](N(O)[S@+]([O-])C(C)(C)C)C1(CCN(C(=O)OC(C)(C)C)CC1)C2. The van der Waals surface area contributed by atoms with Crippen LogP contribution < -0.4 is 4.74 Å². The van der Waals surface area contributed by atoms with E-state index in [1.807, 2.05) is 53.7 Å². The summed E-state index contributed by atoms with van der Waals surface area (Å²) in [5.74, 6) is 0.460. The zero-order valence-electron chi connectivity index (χ0n) is 19.6. The molecule has 1 aliphatic heterocycles. The molecule has 1 N–H and O–H groups in total. The highest BCUT2D eigenvalue weighted by molar-refractivity contribution is 7.90. The van der Waals surface area contributed by atoms with Crippen LogP contribution in [0.3, 0.4) is 0 Å². The molecule has 0 unspecified atom stereocenters. The van der Waals surface area contributed by atoms with Crippen molar-refractivity contribution in [2.45, 2.75) is 77.2 Å². The Hall–Kier alpha value is -1.55. The number of nitrogens with zero attached hydrogens (tertiary/aromatic N) is 3. The van der Waals surface area contributed by atoms with E-state index in [0.717, 1.165) is 10.0 Å². The Balaban J connectivity index is 1.89. The van der Waals surface area contributed by atoms with Crippen molar-refractivity contribution in [1.29, 1.82) is 0 Å². The first-order valence-corrected chi connectivity index (χ1v) is 11.8. The van der Waals surface area contributed by atoms with Crippen LogP contribution in [-0.4, -0.2) is 60.8 Å². The summed E-state index contributed by atoms with van der Waals surface area (Å²) >= 11 is -1.64. The summed E-state index contributed by atoms with van der Waals surface area (Å²) < 4.78 is 24.3. The first-order chi connectivity index (χ1) is 14.3. The fraction of sp³-hybridized carbons (Fsp3) is 0.727. The van der Waals surface area contributed by atoms with Crippen molar-refractivity contribution in [3.8, 4) is 5.88 Å². The maximum atomic E-state index is 13.1. The highest BCUT2D eigenvalue weighted by atomic mass is 32.2. The number of hydroxylamine groups is 1. The van der Waals surface area contributed by atoms with E-state index in [2.05, 4.69) is 4.98 Å². The van der Waals surface area contributed by atoms with Gasteiger partial charge in [-0.15, -0.1) is 0 Å². The van der Waals surface area contributed by atoms with Crippen LogP contribution in [0.1, 0.15) is 71.7 Å². The van der Waals surface area contributed by atoms with Crippen molar-refractivity contribution >= 4 is 17.5 Å². The zero-order valence-corrected chi connectivity index (χ0v) is 20.4. The lowest BCUT2D eigenvalue weighted by Gasteiger charge is -2.45. The van der Waals surface area contributed by atoms with Crippen molar-refractivity contribution in [2.24, 2.45) is 5.41 Å². The molecular formula is C22H35N3O5S. The minimum absolute atomic E-state index is 0.326. The lowest BCUT2D eigenvalue weighted by molar-refractivity contribution is -0.0967. The van der Waals surface area contributed by atoms with E-state index in [-0.39, 0.29) is 11.5 Å². The van der Waals surface area contributed by atoms with E-state index in [1.165, 1.54) is 0 Å². The second kappa shape index (κ2) is 8.42. The Kier molecular flexibility index (Phi) is 6.55. The van der Waals surface area contributed by atoms with Crippen LogP contribution in [0, 0.1) is 5.41 Å². The van der Waals surface area contributed by atoms with Gasteiger partial charge in [0, 0.05) is 29.0 Å². The largest absolute Gasteiger partial charge is 0.596 e. The van der Waals surface area contributed by atoms with Gasteiger partial charge in [0.2, 0.25) is 5.88 Å². The van der Waals surface area contributed by atoms with Crippen molar-refractivity contribution in [1.82, 2.24) is 14.4 Å². The van der Waals surface area contributed by atoms with Crippen LogP contribution in [0.25, 0.3) is 0 Å². The van der Waals surface area contributed by atoms with Crippen LogP contribution in [-0.2, 0) is 22.5 Å². The van der Waals surface area contributed by atoms with Crippen LogP contribution in [0.15, 0.2) is 12.1 Å². The average molecular weight is 454 g/mol. The Morgan fingerprint density at radius 3 is 2.39 bits per heavy atom. The molecule has 1 spiro atoms. The van der Waals surface area contributed by atoms with Gasteiger partial charge in [-0.25, -0.2) is 9.78 Å². The van der Waals surface area contributed by atoms with E-state index in [1.54, 1.807) is 12.0 Å². The van der Waals surface area contributed by atoms with Gasteiger partial charge in [0.05, 0.1) is 24.2 Å². The van der Waals surface area contributed by atoms with Gasteiger partial charge in [-0.1, -0.05) is 6.07 Å². The second-order valence-electron chi connectivity index (χ2n) is 10.5. The highest BCUT2D eigenvalue weighted by Crippen LogP contribution is 2.55. The number of hydrogen-bond donors (Lipinski definition) is 1. The quantitative estimate of drug-likeness (QED) is 0.548. The van der Waals surface area contributed by atoms with Gasteiger partial charge >= 0.3 is 6.09 Å².